The zero-order valence-electron chi connectivity index (χ0n) is 13.2. The van der Waals surface area contributed by atoms with Crippen LogP contribution in [0.2, 0.25) is 0 Å². The summed E-state index contributed by atoms with van der Waals surface area (Å²) in [6.45, 7) is 0.806. The second-order valence-corrected chi connectivity index (χ2v) is 6.47. The van der Waals surface area contributed by atoms with Gasteiger partial charge in [0.05, 0.1) is 0 Å². The number of phenols is 1. The first-order valence-electron chi connectivity index (χ1n) is 7.77. The van der Waals surface area contributed by atoms with E-state index in [2.05, 4.69) is 11.0 Å². The maximum atomic E-state index is 11.7. The molecule has 0 amide bonds. The van der Waals surface area contributed by atoms with E-state index in [1.807, 2.05) is 38.4 Å². The molecule has 0 fully saturated rings. The third-order valence-corrected chi connectivity index (χ3v) is 4.65. The van der Waals surface area contributed by atoms with E-state index in [0.29, 0.717) is 0 Å². The average molecular weight is 297 g/mol. The first-order valence-corrected chi connectivity index (χ1v) is 7.77. The number of benzene rings is 2. The Balaban J connectivity index is 2.16. The average Bonchev–Trinajstić information content (AvgIpc) is 2.50. The van der Waals surface area contributed by atoms with Gasteiger partial charge in [0.1, 0.15) is 11.4 Å². The van der Waals surface area contributed by atoms with Gasteiger partial charge < -0.3 is 15.1 Å². The lowest BCUT2D eigenvalue weighted by Crippen LogP contribution is -2.45. The van der Waals surface area contributed by atoms with E-state index in [1.165, 1.54) is 5.56 Å². The van der Waals surface area contributed by atoms with Gasteiger partial charge in [0, 0.05) is 12.5 Å². The number of hydrogen-bond acceptors (Lipinski definition) is 3. The maximum Gasteiger partial charge on any atom is 0.119 e. The molecule has 1 aliphatic rings. The van der Waals surface area contributed by atoms with Crippen molar-refractivity contribution < 1.29 is 10.2 Å². The molecule has 3 nitrogen and oxygen atoms in total. The van der Waals surface area contributed by atoms with Crippen molar-refractivity contribution in [1.29, 1.82) is 0 Å². The highest BCUT2D eigenvalue weighted by molar-refractivity contribution is 5.45. The van der Waals surface area contributed by atoms with Crippen LogP contribution in [0.25, 0.3) is 0 Å². The van der Waals surface area contributed by atoms with Gasteiger partial charge in [-0.15, -0.1) is 0 Å². The van der Waals surface area contributed by atoms with E-state index in [9.17, 15) is 10.2 Å². The summed E-state index contributed by atoms with van der Waals surface area (Å²) in [5, 5.41) is 21.5. The number of aromatic hydroxyl groups is 1. The molecule has 0 heterocycles. The van der Waals surface area contributed by atoms with Crippen LogP contribution in [-0.2, 0) is 12.0 Å². The second kappa shape index (κ2) is 5.75. The highest BCUT2D eigenvalue weighted by Gasteiger charge is 2.44. The molecule has 3 rings (SSSR count). The zero-order valence-corrected chi connectivity index (χ0v) is 13.2. The SMILES string of the molecule is CN(C)CC1CCc2ccccc2C1(O)c1cccc(O)c1. The fourth-order valence-electron chi connectivity index (χ4n) is 3.67. The van der Waals surface area contributed by atoms with Crippen LogP contribution < -0.4 is 0 Å². The number of rotatable bonds is 3. The summed E-state index contributed by atoms with van der Waals surface area (Å²) in [7, 11) is 4.06. The molecular formula is C19H23NO2. The summed E-state index contributed by atoms with van der Waals surface area (Å²) < 4.78 is 0. The molecule has 2 aromatic rings. The summed E-state index contributed by atoms with van der Waals surface area (Å²) in [6.07, 6.45) is 1.91. The van der Waals surface area contributed by atoms with Gasteiger partial charge in [-0.2, -0.15) is 0 Å². The fraction of sp³-hybridized carbons (Fsp3) is 0.368. The summed E-state index contributed by atoms with van der Waals surface area (Å²) in [5.74, 6) is 0.289. The van der Waals surface area contributed by atoms with Gasteiger partial charge in [-0.1, -0.05) is 36.4 Å². The lowest BCUT2D eigenvalue weighted by Gasteiger charge is -2.43. The Bertz CT molecular complexity index is 668. The Kier molecular flexibility index (Phi) is 3.94. The predicted octanol–water partition coefficient (Wildman–Crippen LogP) is 2.75. The first-order chi connectivity index (χ1) is 10.5. The molecule has 0 aliphatic heterocycles. The highest BCUT2D eigenvalue weighted by atomic mass is 16.3. The van der Waals surface area contributed by atoms with Gasteiger partial charge in [0.25, 0.3) is 0 Å². The molecule has 2 unspecified atom stereocenters. The Morgan fingerprint density at radius 1 is 1.14 bits per heavy atom. The van der Waals surface area contributed by atoms with Gasteiger partial charge in [-0.05, 0) is 55.8 Å². The third kappa shape index (κ3) is 2.51. The molecule has 0 saturated carbocycles. The monoisotopic (exact) mass is 297 g/mol. The Hall–Kier alpha value is -1.84. The zero-order chi connectivity index (χ0) is 15.7. The van der Waals surface area contributed by atoms with Crippen molar-refractivity contribution in [3.63, 3.8) is 0 Å². The van der Waals surface area contributed by atoms with E-state index < -0.39 is 5.60 Å². The minimum atomic E-state index is -1.06. The van der Waals surface area contributed by atoms with Crippen molar-refractivity contribution in [2.75, 3.05) is 20.6 Å². The number of phenolic OH excluding ortho intramolecular Hbond substituents is 1. The van der Waals surface area contributed by atoms with Gasteiger partial charge in [-0.3, -0.25) is 0 Å². The van der Waals surface area contributed by atoms with Gasteiger partial charge in [0.15, 0.2) is 0 Å². The van der Waals surface area contributed by atoms with E-state index in [-0.39, 0.29) is 11.7 Å². The Labute approximate surface area is 131 Å². The highest BCUT2D eigenvalue weighted by Crippen LogP contribution is 2.45. The summed E-state index contributed by atoms with van der Waals surface area (Å²) in [6, 6.07) is 15.1. The van der Waals surface area contributed by atoms with Crippen LogP contribution in [0.4, 0.5) is 0 Å². The lowest BCUT2D eigenvalue weighted by atomic mass is 9.68. The smallest absolute Gasteiger partial charge is 0.119 e. The summed E-state index contributed by atoms with van der Waals surface area (Å²) in [4.78, 5) is 2.12. The normalized spacial score (nSPS) is 24.3. The summed E-state index contributed by atoms with van der Waals surface area (Å²) in [5.41, 5.74) is 1.88. The van der Waals surface area contributed by atoms with Crippen LogP contribution in [0.3, 0.4) is 0 Å². The van der Waals surface area contributed by atoms with Crippen molar-refractivity contribution in [3.05, 3.63) is 65.2 Å². The molecular weight excluding hydrogens is 274 g/mol. The van der Waals surface area contributed by atoms with E-state index >= 15 is 0 Å². The van der Waals surface area contributed by atoms with Crippen LogP contribution in [0.15, 0.2) is 48.5 Å². The molecule has 2 atom stereocenters. The van der Waals surface area contributed by atoms with E-state index in [0.717, 1.165) is 30.5 Å². The first kappa shape index (κ1) is 15.1. The van der Waals surface area contributed by atoms with Crippen LogP contribution in [0, 0.1) is 5.92 Å². The van der Waals surface area contributed by atoms with Crippen molar-refractivity contribution in [1.82, 2.24) is 4.90 Å². The van der Waals surface area contributed by atoms with Crippen molar-refractivity contribution in [2.45, 2.75) is 18.4 Å². The van der Waals surface area contributed by atoms with Crippen LogP contribution in [0.5, 0.6) is 5.75 Å². The molecule has 3 heteroatoms. The van der Waals surface area contributed by atoms with Gasteiger partial charge in [-0.25, -0.2) is 0 Å². The van der Waals surface area contributed by atoms with Crippen molar-refractivity contribution in [2.24, 2.45) is 5.92 Å². The number of nitrogens with zero attached hydrogens (tertiary/aromatic N) is 1. The lowest BCUT2D eigenvalue weighted by molar-refractivity contribution is -0.00651. The number of hydrogen-bond donors (Lipinski definition) is 2. The molecule has 0 saturated heterocycles. The second-order valence-electron chi connectivity index (χ2n) is 6.47. The third-order valence-electron chi connectivity index (χ3n) is 4.65. The molecule has 2 aromatic carbocycles. The molecule has 22 heavy (non-hydrogen) atoms. The largest absolute Gasteiger partial charge is 0.508 e. The van der Waals surface area contributed by atoms with Crippen molar-refractivity contribution in [3.8, 4) is 5.75 Å². The molecule has 0 radical (unpaired) electrons. The molecule has 116 valence electrons. The topological polar surface area (TPSA) is 43.7 Å². The minimum Gasteiger partial charge on any atom is -0.508 e. The molecule has 0 aromatic heterocycles. The molecule has 2 N–H and O–H groups in total. The van der Waals surface area contributed by atoms with Crippen LogP contribution in [-0.4, -0.2) is 35.8 Å². The van der Waals surface area contributed by atoms with E-state index in [4.69, 9.17) is 0 Å². The van der Waals surface area contributed by atoms with Gasteiger partial charge in [0.2, 0.25) is 0 Å². The fourth-order valence-corrected chi connectivity index (χ4v) is 3.67. The number of fused-ring (bicyclic) bond motifs is 1. The minimum absolute atomic E-state index is 0.0965. The Morgan fingerprint density at radius 3 is 2.64 bits per heavy atom. The molecule has 0 spiro atoms. The van der Waals surface area contributed by atoms with Crippen LogP contribution >= 0.6 is 0 Å². The molecule has 1 aliphatic carbocycles. The predicted molar refractivity (Wildman–Crippen MR) is 87.9 cm³/mol. The number of aliphatic hydroxyl groups is 1. The van der Waals surface area contributed by atoms with Crippen LogP contribution in [0.1, 0.15) is 23.1 Å². The van der Waals surface area contributed by atoms with Crippen molar-refractivity contribution >= 4 is 0 Å². The van der Waals surface area contributed by atoms with E-state index in [1.54, 1.807) is 18.2 Å². The maximum absolute atomic E-state index is 11.7. The Morgan fingerprint density at radius 2 is 1.91 bits per heavy atom. The number of aryl methyl sites for hydroxylation is 1. The van der Waals surface area contributed by atoms with Gasteiger partial charge >= 0.3 is 0 Å². The quantitative estimate of drug-likeness (QED) is 0.915. The summed E-state index contributed by atoms with van der Waals surface area (Å²) >= 11 is 0. The molecule has 0 bridgehead atoms. The standard InChI is InChI=1S/C19H23NO2/c1-20(2)13-16-11-10-14-6-3-4-9-18(14)19(16,22)15-7-5-8-17(21)12-15/h3-9,12,16,21-22H,10-11,13H2,1-2H3.